The molecule has 0 spiro atoms. The summed E-state index contributed by atoms with van der Waals surface area (Å²) in [6.45, 7) is 8.79. The first-order valence-electron chi connectivity index (χ1n) is 6.51. The van der Waals surface area contributed by atoms with Gasteiger partial charge in [0.05, 0.1) is 12.6 Å². The Balaban J connectivity index is 2.52. The molecule has 0 aliphatic heterocycles. The maximum atomic E-state index is 12.1. The first kappa shape index (κ1) is 15.2. The van der Waals surface area contributed by atoms with Crippen LogP contribution in [0.4, 0.5) is 0 Å². The minimum atomic E-state index is 0.147. The standard InChI is InChI=1S/C14H24N2OS/c1-6-10(2)15-9-14(17)16(5)12(4)13-8-7-11(3)18-13/h7-8,10,12,15H,6,9H2,1-5H3. The molecule has 0 radical (unpaired) electrons. The number of hydrogen-bond acceptors (Lipinski definition) is 3. The monoisotopic (exact) mass is 268 g/mol. The van der Waals surface area contributed by atoms with E-state index in [1.54, 1.807) is 11.3 Å². The summed E-state index contributed by atoms with van der Waals surface area (Å²) in [5.74, 6) is 0.147. The molecule has 0 bridgehead atoms. The van der Waals surface area contributed by atoms with E-state index < -0.39 is 0 Å². The Bertz CT molecular complexity index is 389. The van der Waals surface area contributed by atoms with Crippen molar-refractivity contribution in [3.05, 3.63) is 21.9 Å². The van der Waals surface area contributed by atoms with Gasteiger partial charge < -0.3 is 10.2 Å². The molecule has 18 heavy (non-hydrogen) atoms. The predicted octanol–water partition coefficient (Wildman–Crippen LogP) is 2.96. The smallest absolute Gasteiger partial charge is 0.236 e. The van der Waals surface area contributed by atoms with Crippen LogP contribution in [0.1, 0.15) is 43.0 Å². The lowest BCUT2D eigenvalue weighted by Gasteiger charge is -2.25. The van der Waals surface area contributed by atoms with Gasteiger partial charge in [-0.05, 0) is 39.3 Å². The topological polar surface area (TPSA) is 32.3 Å². The molecule has 0 fully saturated rings. The Morgan fingerprint density at radius 2 is 2.11 bits per heavy atom. The van der Waals surface area contributed by atoms with Crippen LogP contribution in [0.3, 0.4) is 0 Å². The zero-order valence-corrected chi connectivity index (χ0v) is 12.8. The van der Waals surface area contributed by atoms with Crippen molar-refractivity contribution in [3.8, 4) is 0 Å². The maximum Gasteiger partial charge on any atom is 0.236 e. The van der Waals surface area contributed by atoms with Gasteiger partial charge in [0.2, 0.25) is 5.91 Å². The number of hydrogen-bond donors (Lipinski definition) is 1. The molecule has 0 aliphatic carbocycles. The van der Waals surface area contributed by atoms with E-state index in [-0.39, 0.29) is 11.9 Å². The highest BCUT2D eigenvalue weighted by Gasteiger charge is 2.18. The molecule has 0 saturated carbocycles. The lowest BCUT2D eigenvalue weighted by Crippen LogP contribution is -2.39. The number of likely N-dealkylation sites (N-methyl/N-ethyl adjacent to an activating group) is 1. The molecule has 2 unspecified atom stereocenters. The molecular weight excluding hydrogens is 244 g/mol. The van der Waals surface area contributed by atoms with Gasteiger partial charge >= 0.3 is 0 Å². The van der Waals surface area contributed by atoms with Crippen molar-refractivity contribution in [2.45, 2.75) is 46.2 Å². The Morgan fingerprint density at radius 1 is 1.44 bits per heavy atom. The van der Waals surface area contributed by atoms with Crippen LogP contribution in [0.25, 0.3) is 0 Å². The molecule has 1 amide bonds. The minimum Gasteiger partial charge on any atom is -0.337 e. The maximum absolute atomic E-state index is 12.1. The molecule has 3 nitrogen and oxygen atoms in total. The van der Waals surface area contributed by atoms with E-state index in [1.165, 1.54) is 9.75 Å². The third-order valence-corrected chi connectivity index (χ3v) is 4.53. The highest BCUT2D eigenvalue weighted by Crippen LogP contribution is 2.26. The molecule has 4 heteroatoms. The molecule has 1 aromatic heterocycles. The summed E-state index contributed by atoms with van der Waals surface area (Å²) in [4.78, 5) is 16.4. The van der Waals surface area contributed by atoms with Crippen molar-refractivity contribution in [2.24, 2.45) is 0 Å². The van der Waals surface area contributed by atoms with Gasteiger partial charge in [0.15, 0.2) is 0 Å². The molecule has 1 rings (SSSR count). The van der Waals surface area contributed by atoms with Gasteiger partial charge in [-0.25, -0.2) is 0 Å². The average Bonchev–Trinajstić information content (AvgIpc) is 2.80. The van der Waals surface area contributed by atoms with Gasteiger partial charge in [0, 0.05) is 22.8 Å². The van der Waals surface area contributed by atoms with E-state index >= 15 is 0 Å². The molecule has 2 atom stereocenters. The quantitative estimate of drug-likeness (QED) is 0.860. The molecule has 1 N–H and O–H groups in total. The summed E-state index contributed by atoms with van der Waals surface area (Å²) in [6, 6.07) is 4.75. The summed E-state index contributed by atoms with van der Waals surface area (Å²) < 4.78 is 0. The fourth-order valence-corrected chi connectivity index (χ4v) is 2.59. The lowest BCUT2D eigenvalue weighted by molar-refractivity contribution is -0.130. The number of carbonyl (C=O) groups excluding carboxylic acids is 1. The number of nitrogens with zero attached hydrogens (tertiary/aromatic N) is 1. The summed E-state index contributed by atoms with van der Waals surface area (Å²) in [5, 5.41) is 3.24. The van der Waals surface area contributed by atoms with E-state index in [0.29, 0.717) is 12.6 Å². The Kier molecular flexibility index (Phi) is 5.82. The van der Waals surface area contributed by atoms with E-state index in [1.807, 2.05) is 11.9 Å². The van der Waals surface area contributed by atoms with Gasteiger partial charge in [0.25, 0.3) is 0 Å². The zero-order chi connectivity index (χ0) is 13.7. The van der Waals surface area contributed by atoms with Crippen LogP contribution in [0.15, 0.2) is 12.1 Å². The van der Waals surface area contributed by atoms with Crippen molar-refractivity contribution < 1.29 is 4.79 Å². The van der Waals surface area contributed by atoms with Crippen molar-refractivity contribution in [1.29, 1.82) is 0 Å². The highest BCUT2D eigenvalue weighted by molar-refractivity contribution is 7.12. The van der Waals surface area contributed by atoms with Crippen LogP contribution in [0, 0.1) is 6.92 Å². The number of thiophene rings is 1. The average molecular weight is 268 g/mol. The van der Waals surface area contributed by atoms with Crippen LogP contribution in [-0.4, -0.2) is 30.4 Å². The Hall–Kier alpha value is -0.870. The van der Waals surface area contributed by atoms with Gasteiger partial charge in [-0.2, -0.15) is 0 Å². The van der Waals surface area contributed by atoms with E-state index in [0.717, 1.165) is 6.42 Å². The SMILES string of the molecule is CCC(C)NCC(=O)N(C)C(C)c1ccc(C)s1. The van der Waals surface area contributed by atoms with Crippen LogP contribution in [0.5, 0.6) is 0 Å². The minimum absolute atomic E-state index is 0.147. The molecule has 0 aromatic carbocycles. The second-order valence-corrected chi connectivity index (χ2v) is 6.14. The van der Waals surface area contributed by atoms with Crippen molar-refractivity contribution in [2.75, 3.05) is 13.6 Å². The largest absolute Gasteiger partial charge is 0.337 e. The third-order valence-electron chi connectivity index (χ3n) is 3.36. The second-order valence-electron chi connectivity index (χ2n) is 4.82. The number of carbonyl (C=O) groups is 1. The molecule has 0 saturated heterocycles. The second kappa shape index (κ2) is 6.90. The van der Waals surface area contributed by atoms with Gasteiger partial charge in [-0.1, -0.05) is 6.92 Å². The zero-order valence-electron chi connectivity index (χ0n) is 12.0. The van der Waals surface area contributed by atoms with Crippen LogP contribution < -0.4 is 5.32 Å². The number of rotatable bonds is 6. The summed E-state index contributed by atoms with van der Waals surface area (Å²) in [5.41, 5.74) is 0. The van der Waals surface area contributed by atoms with Crippen LogP contribution >= 0.6 is 11.3 Å². The fourth-order valence-electron chi connectivity index (χ4n) is 1.62. The molecule has 0 aliphatic rings. The van der Waals surface area contributed by atoms with Crippen molar-refractivity contribution in [1.82, 2.24) is 10.2 Å². The molecule has 1 heterocycles. The van der Waals surface area contributed by atoms with Gasteiger partial charge in [-0.15, -0.1) is 11.3 Å². The summed E-state index contributed by atoms with van der Waals surface area (Å²) in [6.07, 6.45) is 1.04. The van der Waals surface area contributed by atoms with E-state index in [4.69, 9.17) is 0 Å². The predicted molar refractivity (Wildman–Crippen MR) is 78.0 cm³/mol. The molecular formula is C14H24N2OS. The number of nitrogens with one attached hydrogen (secondary N) is 1. The first-order valence-corrected chi connectivity index (χ1v) is 7.32. The Labute approximate surface area is 114 Å². The number of amides is 1. The van der Waals surface area contributed by atoms with Crippen molar-refractivity contribution in [3.63, 3.8) is 0 Å². The van der Waals surface area contributed by atoms with Crippen molar-refractivity contribution >= 4 is 17.2 Å². The van der Waals surface area contributed by atoms with Crippen LogP contribution in [0.2, 0.25) is 0 Å². The van der Waals surface area contributed by atoms with Gasteiger partial charge in [-0.3, -0.25) is 4.79 Å². The van der Waals surface area contributed by atoms with E-state index in [2.05, 4.69) is 45.1 Å². The summed E-state index contributed by atoms with van der Waals surface area (Å²) >= 11 is 1.76. The normalized spacial score (nSPS) is 14.3. The van der Waals surface area contributed by atoms with Crippen LogP contribution in [-0.2, 0) is 4.79 Å². The Morgan fingerprint density at radius 3 is 2.61 bits per heavy atom. The lowest BCUT2D eigenvalue weighted by atomic mass is 10.2. The highest BCUT2D eigenvalue weighted by atomic mass is 32.1. The molecule has 102 valence electrons. The summed E-state index contributed by atoms with van der Waals surface area (Å²) in [7, 11) is 1.88. The van der Waals surface area contributed by atoms with Gasteiger partial charge in [0.1, 0.15) is 0 Å². The first-order chi connectivity index (χ1) is 8.45. The third kappa shape index (κ3) is 4.10. The number of aryl methyl sites for hydroxylation is 1. The molecule has 1 aromatic rings. The van der Waals surface area contributed by atoms with E-state index in [9.17, 15) is 4.79 Å². The fraction of sp³-hybridized carbons (Fsp3) is 0.643.